The van der Waals surface area contributed by atoms with Crippen LogP contribution in [0.2, 0.25) is 0 Å². The van der Waals surface area contributed by atoms with Gasteiger partial charge in [0.25, 0.3) is 0 Å². The average molecular weight is 149 g/mol. The molecule has 4 nitrogen and oxygen atoms in total. The van der Waals surface area contributed by atoms with Crippen LogP contribution in [0.4, 0.5) is 0 Å². The molecular weight excluding hydrogens is 142 g/mol. The van der Waals surface area contributed by atoms with Gasteiger partial charge in [0.15, 0.2) is 0 Å². The van der Waals surface area contributed by atoms with Gasteiger partial charge in [-0.2, -0.15) is 0 Å². The second-order valence-electron chi connectivity index (χ2n) is 1.93. The van der Waals surface area contributed by atoms with E-state index in [1.807, 2.05) is 12.1 Å². The molecule has 2 rings (SSSR count). The van der Waals surface area contributed by atoms with Crippen molar-refractivity contribution in [3.63, 3.8) is 0 Å². The van der Waals surface area contributed by atoms with Crippen LogP contribution in [-0.4, -0.2) is 20.4 Å². The summed E-state index contributed by atoms with van der Waals surface area (Å²) < 4.78 is 0. The number of pyridine rings is 1. The third kappa shape index (κ3) is 1.30. The zero-order valence-corrected chi connectivity index (χ0v) is 5.73. The number of hydrogen-bond donors (Lipinski definition) is 0. The number of rotatable bonds is 0. The van der Waals surface area contributed by atoms with Crippen LogP contribution in [0.3, 0.4) is 0 Å². The Bertz CT molecular complexity index is 285. The minimum atomic E-state index is 0. The van der Waals surface area contributed by atoms with Crippen LogP contribution >= 0.6 is 0 Å². The first-order chi connectivity index (χ1) is 4.97. The summed E-state index contributed by atoms with van der Waals surface area (Å²) in [5, 5.41) is 0. The molecule has 0 aliphatic rings. The molecule has 11 heavy (non-hydrogen) atoms. The van der Waals surface area contributed by atoms with Crippen LogP contribution in [-0.2, 0) is 0 Å². The molecule has 2 aromatic heterocycles. The van der Waals surface area contributed by atoms with Gasteiger partial charge < -0.3 is 5.48 Å². The number of hydrogen-bond acceptors (Lipinski definition) is 3. The highest BCUT2D eigenvalue weighted by Crippen LogP contribution is 2.02. The standard InChI is InChI=1S/C7H5N3.H2O/c1-2-6-7(9-3-1)4-8-5-10-6;/h1-5H;1H2. The summed E-state index contributed by atoms with van der Waals surface area (Å²) in [7, 11) is 0. The molecule has 0 radical (unpaired) electrons. The van der Waals surface area contributed by atoms with Crippen molar-refractivity contribution in [1.82, 2.24) is 15.0 Å². The van der Waals surface area contributed by atoms with Gasteiger partial charge in [0, 0.05) is 6.20 Å². The minimum Gasteiger partial charge on any atom is -0.412 e. The maximum atomic E-state index is 4.06. The Morgan fingerprint density at radius 3 is 2.82 bits per heavy atom. The van der Waals surface area contributed by atoms with E-state index in [0.717, 1.165) is 11.0 Å². The van der Waals surface area contributed by atoms with Gasteiger partial charge in [0.1, 0.15) is 11.8 Å². The Hall–Kier alpha value is -1.55. The van der Waals surface area contributed by atoms with E-state index in [2.05, 4.69) is 15.0 Å². The van der Waals surface area contributed by atoms with Crippen molar-refractivity contribution in [3.8, 4) is 0 Å². The quantitative estimate of drug-likeness (QED) is 0.537. The zero-order valence-electron chi connectivity index (χ0n) is 5.73. The van der Waals surface area contributed by atoms with Crippen molar-refractivity contribution in [2.75, 3.05) is 0 Å². The zero-order chi connectivity index (χ0) is 6.81. The molecule has 4 heteroatoms. The summed E-state index contributed by atoms with van der Waals surface area (Å²) in [5.74, 6) is 0. The van der Waals surface area contributed by atoms with Gasteiger partial charge in [-0.3, -0.25) is 4.98 Å². The van der Waals surface area contributed by atoms with Gasteiger partial charge in [0.05, 0.1) is 11.7 Å². The maximum absolute atomic E-state index is 4.06. The fraction of sp³-hybridized carbons (Fsp3) is 0. The van der Waals surface area contributed by atoms with E-state index in [0.29, 0.717) is 0 Å². The molecule has 0 bridgehead atoms. The Labute approximate surface area is 63.3 Å². The monoisotopic (exact) mass is 149 g/mol. The highest BCUT2D eigenvalue weighted by atomic mass is 16.0. The third-order valence-electron chi connectivity index (χ3n) is 1.28. The van der Waals surface area contributed by atoms with Crippen LogP contribution in [0.5, 0.6) is 0 Å². The molecule has 0 fully saturated rings. The average Bonchev–Trinajstić information content (AvgIpc) is 2.05. The van der Waals surface area contributed by atoms with E-state index in [1.54, 1.807) is 12.4 Å². The summed E-state index contributed by atoms with van der Waals surface area (Å²) >= 11 is 0. The molecule has 0 saturated carbocycles. The van der Waals surface area contributed by atoms with Crippen molar-refractivity contribution in [2.24, 2.45) is 0 Å². The number of aromatic nitrogens is 3. The van der Waals surface area contributed by atoms with Crippen LogP contribution < -0.4 is 0 Å². The van der Waals surface area contributed by atoms with E-state index < -0.39 is 0 Å². The minimum absolute atomic E-state index is 0. The fourth-order valence-electron chi connectivity index (χ4n) is 0.817. The Kier molecular flexibility index (Phi) is 2.08. The molecule has 2 N–H and O–H groups in total. The molecular formula is C7H7N3O. The lowest BCUT2D eigenvalue weighted by atomic mass is 10.4. The lowest BCUT2D eigenvalue weighted by Gasteiger charge is -1.89. The molecule has 56 valence electrons. The SMILES string of the molecule is O.c1cnc2cncnc2c1. The third-order valence-corrected chi connectivity index (χ3v) is 1.28. The van der Waals surface area contributed by atoms with Crippen molar-refractivity contribution >= 4 is 11.0 Å². The summed E-state index contributed by atoms with van der Waals surface area (Å²) in [6, 6.07) is 3.76. The molecule has 0 atom stereocenters. The second-order valence-corrected chi connectivity index (χ2v) is 1.93. The fourth-order valence-corrected chi connectivity index (χ4v) is 0.817. The summed E-state index contributed by atoms with van der Waals surface area (Å²) in [5.41, 5.74) is 1.72. The molecule has 2 aromatic rings. The van der Waals surface area contributed by atoms with Gasteiger partial charge in [0.2, 0.25) is 0 Å². The van der Waals surface area contributed by atoms with E-state index >= 15 is 0 Å². The van der Waals surface area contributed by atoms with Crippen molar-refractivity contribution in [3.05, 3.63) is 30.9 Å². The normalized spacial score (nSPS) is 9.09. The Balaban J connectivity index is 0.000000605. The lowest BCUT2D eigenvalue weighted by molar-refractivity contribution is 0.824. The molecule has 2 heterocycles. The van der Waals surface area contributed by atoms with E-state index in [1.165, 1.54) is 6.33 Å². The van der Waals surface area contributed by atoms with Crippen molar-refractivity contribution in [2.45, 2.75) is 0 Å². The van der Waals surface area contributed by atoms with Crippen LogP contribution in [0.15, 0.2) is 30.9 Å². The van der Waals surface area contributed by atoms with Gasteiger partial charge in [-0.1, -0.05) is 0 Å². The van der Waals surface area contributed by atoms with Gasteiger partial charge in [-0.05, 0) is 12.1 Å². The van der Waals surface area contributed by atoms with E-state index in [-0.39, 0.29) is 5.48 Å². The molecule has 0 saturated heterocycles. The highest BCUT2D eigenvalue weighted by molar-refractivity contribution is 5.71. The molecule has 0 spiro atoms. The number of fused-ring (bicyclic) bond motifs is 1. The van der Waals surface area contributed by atoms with Crippen molar-refractivity contribution in [1.29, 1.82) is 0 Å². The molecule has 0 amide bonds. The van der Waals surface area contributed by atoms with Crippen LogP contribution in [0, 0.1) is 0 Å². The van der Waals surface area contributed by atoms with Crippen LogP contribution in [0.25, 0.3) is 11.0 Å². The smallest absolute Gasteiger partial charge is 0.116 e. The van der Waals surface area contributed by atoms with Gasteiger partial charge in [-0.25, -0.2) is 9.97 Å². The topological polar surface area (TPSA) is 70.2 Å². The Morgan fingerprint density at radius 2 is 2.00 bits per heavy atom. The first-order valence-electron chi connectivity index (χ1n) is 2.97. The molecule has 0 aromatic carbocycles. The first-order valence-corrected chi connectivity index (χ1v) is 2.97. The molecule has 0 aliphatic heterocycles. The number of nitrogens with zero attached hydrogens (tertiary/aromatic N) is 3. The molecule has 0 unspecified atom stereocenters. The van der Waals surface area contributed by atoms with Gasteiger partial charge in [-0.15, -0.1) is 0 Å². The summed E-state index contributed by atoms with van der Waals surface area (Å²) in [6.07, 6.45) is 4.94. The van der Waals surface area contributed by atoms with E-state index in [9.17, 15) is 0 Å². The predicted octanol–water partition coefficient (Wildman–Crippen LogP) is 0.200. The van der Waals surface area contributed by atoms with Crippen molar-refractivity contribution < 1.29 is 5.48 Å². The van der Waals surface area contributed by atoms with E-state index in [4.69, 9.17) is 0 Å². The molecule has 0 aliphatic carbocycles. The highest BCUT2D eigenvalue weighted by Gasteiger charge is 1.89. The second kappa shape index (κ2) is 3.03. The summed E-state index contributed by atoms with van der Waals surface area (Å²) in [4.78, 5) is 11.9. The first kappa shape index (κ1) is 7.56. The van der Waals surface area contributed by atoms with Gasteiger partial charge >= 0.3 is 0 Å². The predicted molar refractivity (Wildman–Crippen MR) is 40.9 cm³/mol. The lowest BCUT2D eigenvalue weighted by Crippen LogP contribution is -1.81. The maximum Gasteiger partial charge on any atom is 0.116 e. The Morgan fingerprint density at radius 1 is 1.09 bits per heavy atom. The largest absolute Gasteiger partial charge is 0.412 e. The summed E-state index contributed by atoms with van der Waals surface area (Å²) in [6.45, 7) is 0. The van der Waals surface area contributed by atoms with Crippen LogP contribution in [0.1, 0.15) is 0 Å².